The van der Waals surface area contributed by atoms with E-state index in [4.69, 9.17) is 0 Å². The number of aliphatic hydroxyl groups is 1. The van der Waals surface area contributed by atoms with Crippen molar-refractivity contribution in [2.75, 3.05) is 6.54 Å². The number of aryl methyl sites for hydroxylation is 1. The maximum Gasteiger partial charge on any atom is 0.0771 e. The van der Waals surface area contributed by atoms with Gasteiger partial charge in [-0.1, -0.05) is 43.2 Å². The fraction of sp³-hybridized carbons (Fsp3) is 0.647. The van der Waals surface area contributed by atoms with Crippen LogP contribution in [-0.4, -0.2) is 17.3 Å². The van der Waals surface area contributed by atoms with Gasteiger partial charge < -0.3 is 10.4 Å². The van der Waals surface area contributed by atoms with E-state index in [1.807, 2.05) is 0 Å². The maximum atomic E-state index is 10.6. The summed E-state index contributed by atoms with van der Waals surface area (Å²) in [5.41, 5.74) is 2.11. The van der Waals surface area contributed by atoms with Crippen LogP contribution in [0.2, 0.25) is 0 Å². The minimum atomic E-state index is -0.477. The molecule has 1 saturated carbocycles. The number of hydrogen-bond donors (Lipinski definition) is 2. The smallest absolute Gasteiger partial charge is 0.0771 e. The molecule has 0 radical (unpaired) electrons. The Morgan fingerprint density at radius 3 is 2.68 bits per heavy atom. The highest BCUT2D eigenvalue weighted by Crippen LogP contribution is 2.33. The average molecular weight is 261 g/mol. The van der Waals surface area contributed by atoms with Gasteiger partial charge >= 0.3 is 0 Å². The summed E-state index contributed by atoms with van der Waals surface area (Å²) in [5, 5.41) is 14.0. The molecule has 0 aromatic heterocycles. The van der Waals surface area contributed by atoms with Crippen LogP contribution in [0, 0.1) is 12.8 Å². The molecular weight excluding hydrogens is 234 g/mol. The first-order valence-electron chi connectivity index (χ1n) is 7.60. The highest BCUT2D eigenvalue weighted by molar-refractivity contribution is 5.21. The Labute approximate surface area is 117 Å². The summed E-state index contributed by atoms with van der Waals surface area (Å²) in [4.78, 5) is 0. The Bertz CT molecular complexity index is 394. The van der Waals surface area contributed by atoms with Crippen LogP contribution >= 0.6 is 0 Å². The van der Waals surface area contributed by atoms with Crippen molar-refractivity contribution in [2.45, 2.75) is 58.1 Å². The van der Waals surface area contributed by atoms with E-state index in [0.29, 0.717) is 0 Å². The predicted molar refractivity (Wildman–Crippen MR) is 80.1 cm³/mol. The molecule has 0 spiro atoms. The van der Waals surface area contributed by atoms with Gasteiger partial charge in [-0.3, -0.25) is 0 Å². The lowest BCUT2D eigenvalue weighted by Crippen LogP contribution is -2.43. The van der Waals surface area contributed by atoms with Crippen LogP contribution in [-0.2, 0) is 6.54 Å². The molecule has 106 valence electrons. The van der Waals surface area contributed by atoms with Gasteiger partial charge in [-0.15, -0.1) is 0 Å². The van der Waals surface area contributed by atoms with Crippen molar-refractivity contribution < 1.29 is 5.11 Å². The third-order valence-electron chi connectivity index (χ3n) is 4.48. The normalized spacial score (nSPS) is 27.4. The zero-order chi connectivity index (χ0) is 13.7. The Hall–Kier alpha value is -0.860. The van der Waals surface area contributed by atoms with Gasteiger partial charge in [0.1, 0.15) is 0 Å². The van der Waals surface area contributed by atoms with Crippen molar-refractivity contribution in [2.24, 2.45) is 5.92 Å². The second-order valence-corrected chi connectivity index (χ2v) is 6.17. The standard InChI is InChI=1S/C17H27NO/c1-3-15-7-9-17(19,10-8-15)13-18-12-16-6-4-5-14(2)11-16/h4-6,11,15,18-19H,3,7-10,12-13H2,1-2H3. The molecule has 0 heterocycles. The summed E-state index contributed by atoms with van der Waals surface area (Å²) in [6.07, 6.45) is 5.52. The molecule has 1 aromatic rings. The zero-order valence-corrected chi connectivity index (χ0v) is 12.3. The maximum absolute atomic E-state index is 10.6. The molecule has 2 heteroatoms. The quantitative estimate of drug-likeness (QED) is 0.851. The van der Waals surface area contributed by atoms with E-state index in [2.05, 4.69) is 43.4 Å². The third kappa shape index (κ3) is 4.32. The van der Waals surface area contributed by atoms with Gasteiger partial charge in [-0.25, -0.2) is 0 Å². The van der Waals surface area contributed by atoms with Crippen molar-refractivity contribution >= 4 is 0 Å². The minimum Gasteiger partial charge on any atom is -0.389 e. The molecule has 2 nitrogen and oxygen atoms in total. The van der Waals surface area contributed by atoms with Gasteiger partial charge in [0.05, 0.1) is 5.60 Å². The van der Waals surface area contributed by atoms with E-state index < -0.39 is 5.60 Å². The molecular formula is C17H27NO. The van der Waals surface area contributed by atoms with Gasteiger partial charge in [-0.2, -0.15) is 0 Å². The first-order valence-corrected chi connectivity index (χ1v) is 7.60. The van der Waals surface area contributed by atoms with Crippen molar-refractivity contribution in [1.82, 2.24) is 5.32 Å². The van der Waals surface area contributed by atoms with Gasteiger partial charge in [-0.05, 0) is 44.1 Å². The lowest BCUT2D eigenvalue weighted by Gasteiger charge is -2.36. The Morgan fingerprint density at radius 1 is 1.32 bits per heavy atom. The fourth-order valence-electron chi connectivity index (χ4n) is 3.06. The summed E-state index contributed by atoms with van der Waals surface area (Å²) in [7, 11) is 0. The number of benzene rings is 1. The number of nitrogens with one attached hydrogen (secondary N) is 1. The summed E-state index contributed by atoms with van der Waals surface area (Å²) in [5.74, 6) is 0.831. The number of rotatable bonds is 5. The van der Waals surface area contributed by atoms with E-state index in [1.54, 1.807) is 0 Å². The van der Waals surface area contributed by atoms with Crippen LogP contribution < -0.4 is 5.32 Å². The van der Waals surface area contributed by atoms with Crippen LogP contribution in [0.5, 0.6) is 0 Å². The van der Waals surface area contributed by atoms with Crippen LogP contribution in [0.25, 0.3) is 0 Å². The second kappa shape index (κ2) is 6.53. The van der Waals surface area contributed by atoms with Crippen LogP contribution in [0.1, 0.15) is 50.2 Å². The molecule has 1 aliphatic carbocycles. The summed E-state index contributed by atoms with van der Waals surface area (Å²) >= 11 is 0. The first kappa shape index (κ1) is 14.5. The van der Waals surface area contributed by atoms with Crippen molar-refractivity contribution in [1.29, 1.82) is 0 Å². The second-order valence-electron chi connectivity index (χ2n) is 6.17. The van der Waals surface area contributed by atoms with Gasteiger partial charge in [0.15, 0.2) is 0 Å². The first-order chi connectivity index (χ1) is 9.11. The van der Waals surface area contributed by atoms with E-state index in [9.17, 15) is 5.11 Å². The molecule has 19 heavy (non-hydrogen) atoms. The zero-order valence-electron chi connectivity index (χ0n) is 12.3. The van der Waals surface area contributed by atoms with E-state index in [-0.39, 0.29) is 0 Å². The van der Waals surface area contributed by atoms with Crippen LogP contribution in [0.3, 0.4) is 0 Å². The Kier molecular flexibility index (Phi) is 5.00. The molecule has 0 bridgehead atoms. The molecule has 2 N–H and O–H groups in total. The van der Waals surface area contributed by atoms with E-state index in [1.165, 1.54) is 30.4 Å². The van der Waals surface area contributed by atoms with E-state index in [0.717, 1.165) is 31.8 Å². The summed E-state index contributed by atoms with van der Waals surface area (Å²) < 4.78 is 0. The highest BCUT2D eigenvalue weighted by atomic mass is 16.3. The van der Waals surface area contributed by atoms with Gasteiger partial charge in [0.2, 0.25) is 0 Å². The summed E-state index contributed by atoms with van der Waals surface area (Å²) in [6, 6.07) is 8.54. The van der Waals surface area contributed by atoms with Crippen LogP contribution in [0.4, 0.5) is 0 Å². The molecule has 0 amide bonds. The third-order valence-corrected chi connectivity index (χ3v) is 4.48. The summed E-state index contributed by atoms with van der Waals surface area (Å²) in [6.45, 7) is 5.94. The lowest BCUT2D eigenvalue weighted by atomic mass is 9.78. The Balaban J connectivity index is 1.76. The average Bonchev–Trinajstić information content (AvgIpc) is 2.40. The van der Waals surface area contributed by atoms with Crippen molar-refractivity contribution in [3.8, 4) is 0 Å². The topological polar surface area (TPSA) is 32.3 Å². The molecule has 1 fully saturated rings. The lowest BCUT2D eigenvalue weighted by molar-refractivity contribution is -0.00881. The molecule has 0 atom stereocenters. The van der Waals surface area contributed by atoms with E-state index >= 15 is 0 Å². The number of hydrogen-bond acceptors (Lipinski definition) is 2. The minimum absolute atomic E-state index is 0.477. The Morgan fingerprint density at radius 2 is 2.05 bits per heavy atom. The van der Waals surface area contributed by atoms with Crippen LogP contribution in [0.15, 0.2) is 24.3 Å². The predicted octanol–water partition coefficient (Wildman–Crippen LogP) is 3.42. The molecule has 1 aliphatic rings. The highest BCUT2D eigenvalue weighted by Gasteiger charge is 2.31. The monoisotopic (exact) mass is 261 g/mol. The van der Waals surface area contributed by atoms with Gasteiger partial charge in [0, 0.05) is 13.1 Å². The SMILES string of the molecule is CCC1CCC(O)(CNCc2cccc(C)c2)CC1. The molecule has 2 rings (SSSR count). The molecule has 1 aromatic carbocycles. The molecule has 0 unspecified atom stereocenters. The fourth-order valence-corrected chi connectivity index (χ4v) is 3.06. The van der Waals surface area contributed by atoms with Crippen molar-refractivity contribution in [3.05, 3.63) is 35.4 Å². The molecule has 0 aliphatic heterocycles. The van der Waals surface area contributed by atoms with Gasteiger partial charge in [0.25, 0.3) is 0 Å². The largest absolute Gasteiger partial charge is 0.389 e. The van der Waals surface area contributed by atoms with Crippen molar-refractivity contribution in [3.63, 3.8) is 0 Å². The molecule has 0 saturated heterocycles.